The number of amides is 1. The van der Waals surface area contributed by atoms with Crippen LogP contribution in [0.25, 0.3) is 10.8 Å². The van der Waals surface area contributed by atoms with E-state index in [0.717, 1.165) is 16.5 Å². The van der Waals surface area contributed by atoms with E-state index in [-0.39, 0.29) is 11.3 Å². The third kappa shape index (κ3) is 2.18. The summed E-state index contributed by atoms with van der Waals surface area (Å²) in [6.45, 7) is 1.17. The summed E-state index contributed by atoms with van der Waals surface area (Å²) in [6, 6.07) is 10.1. The number of aromatic nitrogens is 1. The SMILES string of the molecule is O=C1CC(Cl)CN1Cc1cc2ccccc2cn1. The second kappa shape index (κ2) is 4.58. The molecule has 0 aliphatic carbocycles. The number of nitrogens with zero attached hydrogens (tertiary/aromatic N) is 2. The van der Waals surface area contributed by atoms with E-state index in [9.17, 15) is 4.79 Å². The maximum absolute atomic E-state index is 11.7. The Bertz CT molecular complexity index is 599. The quantitative estimate of drug-likeness (QED) is 0.778. The maximum Gasteiger partial charge on any atom is 0.224 e. The molecule has 1 unspecified atom stereocenters. The molecule has 1 amide bonds. The Hall–Kier alpha value is -1.61. The molecule has 92 valence electrons. The van der Waals surface area contributed by atoms with Gasteiger partial charge in [0.2, 0.25) is 5.91 Å². The van der Waals surface area contributed by atoms with E-state index < -0.39 is 0 Å². The molecule has 1 aromatic heterocycles. The van der Waals surface area contributed by atoms with Crippen LogP contribution in [0.1, 0.15) is 12.1 Å². The molecular formula is C14H13ClN2O. The number of fused-ring (bicyclic) bond motifs is 1. The van der Waals surface area contributed by atoms with Gasteiger partial charge >= 0.3 is 0 Å². The monoisotopic (exact) mass is 260 g/mol. The summed E-state index contributed by atoms with van der Waals surface area (Å²) >= 11 is 5.98. The van der Waals surface area contributed by atoms with Crippen molar-refractivity contribution in [1.82, 2.24) is 9.88 Å². The average Bonchev–Trinajstić information content (AvgIpc) is 2.68. The van der Waals surface area contributed by atoms with E-state index in [1.54, 1.807) is 4.90 Å². The Balaban J connectivity index is 1.84. The Morgan fingerprint density at radius 2 is 2.11 bits per heavy atom. The Kier molecular flexibility index (Phi) is 2.92. The van der Waals surface area contributed by atoms with Gasteiger partial charge in [-0.1, -0.05) is 24.3 Å². The molecule has 18 heavy (non-hydrogen) atoms. The van der Waals surface area contributed by atoms with Crippen molar-refractivity contribution in [3.63, 3.8) is 0 Å². The molecule has 0 N–H and O–H groups in total. The standard InChI is InChI=1S/C14H13ClN2O/c15-12-6-14(18)17(8-12)9-13-5-10-3-1-2-4-11(10)7-16-13/h1-5,7,12H,6,8-9H2. The summed E-state index contributed by atoms with van der Waals surface area (Å²) in [7, 11) is 0. The molecule has 1 atom stereocenters. The van der Waals surface area contributed by atoms with Crippen LogP contribution in [0.5, 0.6) is 0 Å². The van der Waals surface area contributed by atoms with Gasteiger partial charge in [-0.15, -0.1) is 11.6 Å². The molecule has 3 nitrogen and oxygen atoms in total. The number of carbonyl (C=O) groups is 1. The number of benzene rings is 1. The van der Waals surface area contributed by atoms with Crippen molar-refractivity contribution >= 4 is 28.3 Å². The van der Waals surface area contributed by atoms with Gasteiger partial charge in [0.1, 0.15) is 0 Å². The second-order valence-electron chi connectivity index (χ2n) is 4.60. The molecule has 4 heteroatoms. The normalized spacial score (nSPS) is 19.7. The number of carbonyl (C=O) groups excluding carboxylic acids is 1. The number of hydrogen-bond acceptors (Lipinski definition) is 2. The minimum absolute atomic E-state index is 0.0574. The van der Waals surface area contributed by atoms with Crippen molar-refractivity contribution < 1.29 is 4.79 Å². The molecule has 1 saturated heterocycles. The van der Waals surface area contributed by atoms with Gasteiger partial charge in [0.25, 0.3) is 0 Å². The lowest BCUT2D eigenvalue weighted by Gasteiger charge is -2.15. The zero-order valence-corrected chi connectivity index (χ0v) is 10.6. The van der Waals surface area contributed by atoms with Crippen LogP contribution in [0.2, 0.25) is 0 Å². The van der Waals surface area contributed by atoms with Crippen LogP contribution in [0, 0.1) is 0 Å². The summed E-state index contributed by atoms with van der Waals surface area (Å²) in [6.07, 6.45) is 2.29. The smallest absolute Gasteiger partial charge is 0.224 e. The number of halogens is 1. The predicted molar refractivity (Wildman–Crippen MR) is 71.4 cm³/mol. The summed E-state index contributed by atoms with van der Waals surface area (Å²) in [5, 5.41) is 2.21. The van der Waals surface area contributed by atoms with E-state index in [4.69, 9.17) is 11.6 Å². The van der Waals surface area contributed by atoms with Crippen LogP contribution >= 0.6 is 11.6 Å². The highest BCUT2D eigenvalue weighted by atomic mass is 35.5. The van der Waals surface area contributed by atoms with Crippen molar-refractivity contribution in [2.45, 2.75) is 18.3 Å². The van der Waals surface area contributed by atoms with Gasteiger partial charge in [0, 0.05) is 24.5 Å². The molecular weight excluding hydrogens is 248 g/mol. The van der Waals surface area contributed by atoms with Crippen molar-refractivity contribution in [1.29, 1.82) is 0 Å². The number of likely N-dealkylation sites (tertiary alicyclic amines) is 1. The third-order valence-corrected chi connectivity index (χ3v) is 3.50. The fourth-order valence-electron chi connectivity index (χ4n) is 2.29. The minimum atomic E-state index is -0.0574. The van der Waals surface area contributed by atoms with Gasteiger partial charge in [-0.3, -0.25) is 9.78 Å². The first-order chi connectivity index (χ1) is 8.72. The fourth-order valence-corrected chi connectivity index (χ4v) is 2.59. The zero-order chi connectivity index (χ0) is 12.5. The molecule has 1 aromatic carbocycles. The number of pyridine rings is 1. The second-order valence-corrected chi connectivity index (χ2v) is 5.22. The predicted octanol–water partition coefficient (Wildman–Crippen LogP) is 2.57. The average molecular weight is 261 g/mol. The molecule has 3 rings (SSSR count). The zero-order valence-electron chi connectivity index (χ0n) is 9.84. The fraction of sp³-hybridized carbons (Fsp3) is 0.286. The number of rotatable bonds is 2. The van der Waals surface area contributed by atoms with Gasteiger partial charge < -0.3 is 4.90 Å². The highest BCUT2D eigenvalue weighted by molar-refractivity contribution is 6.22. The molecule has 2 aromatic rings. The summed E-state index contributed by atoms with van der Waals surface area (Å²) in [5.41, 5.74) is 0.910. The lowest BCUT2D eigenvalue weighted by atomic mass is 10.1. The van der Waals surface area contributed by atoms with Gasteiger partial charge in [-0.05, 0) is 11.5 Å². The largest absolute Gasteiger partial charge is 0.335 e. The Labute approximate surface area is 110 Å². The minimum Gasteiger partial charge on any atom is -0.335 e. The molecule has 2 heterocycles. The van der Waals surface area contributed by atoms with Crippen LogP contribution in [-0.2, 0) is 11.3 Å². The van der Waals surface area contributed by atoms with Crippen LogP contribution < -0.4 is 0 Å². The van der Waals surface area contributed by atoms with Crippen molar-refractivity contribution in [3.05, 3.63) is 42.2 Å². The Morgan fingerprint density at radius 1 is 1.33 bits per heavy atom. The Morgan fingerprint density at radius 3 is 2.83 bits per heavy atom. The lowest BCUT2D eigenvalue weighted by Crippen LogP contribution is -2.25. The van der Waals surface area contributed by atoms with Crippen molar-refractivity contribution in [2.24, 2.45) is 0 Å². The third-order valence-electron chi connectivity index (χ3n) is 3.21. The first-order valence-electron chi connectivity index (χ1n) is 5.98. The van der Waals surface area contributed by atoms with Gasteiger partial charge in [0.15, 0.2) is 0 Å². The summed E-state index contributed by atoms with van der Waals surface area (Å²) < 4.78 is 0. The maximum atomic E-state index is 11.7. The highest BCUT2D eigenvalue weighted by Crippen LogP contribution is 2.20. The summed E-state index contributed by atoms with van der Waals surface area (Å²) in [4.78, 5) is 17.8. The first kappa shape index (κ1) is 11.5. The first-order valence-corrected chi connectivity index (χ1v) is 6.41. The van der Waals surface area contributed by atoms with Crippen molar-refractivity contribution in [3.8, 4) is 0 Å². The van der Waals surface area contributed by atoms with E-state index in [1.807, 2.05) is 30.5 Å². The van der Waals surface area contributed by atoms with Gasteiger partial charge in [0.05, 0.1) is 17.6 Å². The topological polar surface area (TPSA) is 33.2 Å². The van der Waals surface area contributed by atoms with E-state index in [0.29, 0.717) is 19.5 Å². The van der Waals surface area contributed by atoms with Gasteiger partial charge in [-0.2, -0.15) is 0 Å². The van der Waals surface area contributed by atoms with E-state index in [2.05, 4.69) is 11.1 Å². The summed E-state index contributed by atoms with van der Waals surface area (Å²) in [5.74, 6) is 0.116. The van der Waals surface area contributed by atoms with Crippen LogP contribution in [0.15, 0.2) is 36.5 Å². The molecule has 0 bridgehead atoms. The molecule has 0 saturated carbocycles. The van der Waals surface area contributed by atoms with Crippen LogP contribution in [0.3, 0.4) is 0 Å². The van der Waals surface area contributed by atoms with E-state index in [1.165, 1.54) is 0 Å². The highest BCUT2D eigenvalue weighted by Gasteiger charge is 2.28. The molecule has 0 radical (unpaired) electrons. The van der Waals surface area contributed by atoms with Crippen molar-refractivity contribution in [2.75, 3.05) is 6.54 Å². The number of alkyl halides is 1. The molecule has 0 spiro atoms. The molecule has 1 aliphatic rings. The number of hydrogen-bond donors (Lipinski definition) is 0. The van der Waals surface area contributed by atoms with Gasteiger partial charge in [-0.25, -0.2) is 0 Å². The van der Waals surface area contributed by atoms with Crippen LogP contribution in [0.4, 0.5) is 0 Å². The molecule has 1 fully saturated rings. The molecule has 1 aliphatic heterocycles. The van der Waals surface area contributed by atoms with Crippen LogP contribution in [-0.4, -0.2) is 27.7 Å². The lowest BCUT2D eigenvalue weighted by molar-refractivity contribution is -0.128. The van der Waals surface area contributed by atoms with E-state index >= 15 is 0 Å².